The van der Waals surface area contributed by atoms with Crippen LogP contribution in [0.15, 0.2) is 12.1 Å². The number of hydrogen-bond donors (Lipinski definition) is 2. The van der Waals surface area contributed by atoms with Gasteiger partial charge in [0.2, 0.25) is 0 Å². The maximum Gasteiger partial charge on any atom is 0.101 e. The van der Waals surface area contributed by atoms with Gasteiger partial charge in [0, 0.05) is 12.1 Å². The molecule has 0 aliphatic heterocycles. The first-order valence-corrected chi connectivity index (χ1v) is 9.31. The van der Waals surface area contributed by atoms with Gasteiger partial charge in [0.05, 0.1) is 22.5 Å². The second-order valence-corrected chi connectivity index (χ2v) is 7.13. The SMILES string of the molecule is N#Cc1cc(NC2CCCCC2)c(C#N)cc1NC1CCCCC1. The second-order valence-electron chi connectivity index (χ2n) is 7.13. The first-order chi connectivity index (χ1) is 11.8. The van der Waals surface area contributed by atoms with Crippen molar-refractivity contribution < 1.29 is 0 Å². The lowest BCUT2D eigenvalue weighted by Gasteiger charge is -2.26. The van der Waals surface area contributed by atoms with Crippen molar-refractivity contribution in [3.05, 3.63) is 23.3 Å². The topological polar surface area (TPSA) is 71.6 Å². The summed E-state index contributed by atoms with van der Waals surface area (Å²) >= 11 is 0. The Morgan fingerprint density at radius 1 is 0.667 bits per heavy atom. The highest BCUT2D eigenvalue weighted by atomic mass is 14.9. The van der Waals surface area contributed by atoms with E-state index in [9.17, 15) is 10.5 Å². The van der Waals surface area contributed by atoms with Crippen molar-refractivity contribution in [3.63, 3.8) is 0 Å². The molecule has 2 saturated carbocycles. The van der Waals surface area contributed by atoms with Crippen LogP contribution in [0.3, 0.4) is 0 Å². The standard InChI is InChI=1S/C20H26N4/c21-13-15-12-20(24-18-9-5-2-6-10-18)16(14-22)11-19(15)23-17-7-3-1-4-8-17/h11-12,17-18,23-24H,1-10H2. The molecule has 0 amide bonds. The lowest BCUT2D eigenvalue weighted by molar-refractivity contribution is 0.462. The zero-order valence-corrected chi connectivity index (χ0v) is 14.3. The number of nitrogens with one attached hydrogen (secondary N) is 2. The highest BCUT2D eigenvalue weighted by Crippen LogP contribution is 2.30. The van der Waals surface area contributed by atoms with E-state index in [4.69, 9.17) is 0 Å². The molecule has 1 aromatic carbocycles. The van der Waals surface area contributed by atoms with Gasteiger partial charge in [0.1, 0.15) is 12.1 Å². The maximum atomic E-state index is 9.54. The first kappa shape index (κ1) is 16.7. The average Bonchev–Trinajstić information content (AvgIpc) is 2.64. The highest BCUT2D eigenvalue weighted by molar-refractivity contribution is 5.71. The Hall–Kier alpha value is -2.20. The van der Waals surface area contributed by atoms with Gasteiger partial charge in [0.15, 0.2) is 0 Å². The predicted octanol–water partition coefficient (Wildman–Crippen LogP) is 4.92. The third-order valence-electron chi connectivity index (χ3n) is 5.33. The highest BCUT2D eigenvalue weighted by Gasteiger charge is 2.19. The fraction of sp³-hybridized carbons (Fsp3) is 0.600. The first-order valence-electron chi connectivity index (χ1n) is 9.31. The smallest absolute Gasteiger partial charge is 0.101 e. The lowest BCUT2D eigenvalue weighted by Crippen LogP contribution is -2.24. The molecule has 0 spiro atoms. The van der Waals surface area contributed by atoms with E-state index in [-0.39, 0.29) is 0 Å². The average molecular weight is 322 g/mol. The Labute approximate surface area is 144 Å². The summed E-state index contributed by atoms with van der Waals surface area (Å²) in [5.74, 6) is 0. The van der Waals surface area contributed by atoms with Crippen LogP contribution in [-0.4, -0.2) is 12.1 Å². The monoisotopic (exact) mass is 322 g/mol. The van der Waals surface area contributed by atoms with E-state index in [1.54, 1.807) is 0 Å². The summed E-state index contributed by atoms with van der Waals surface area (Å²) in [4.78, 5) is 0. The fourth-order valence-electron chi connectivity index (χ4n) is 3.96. The van der Waals surface area contributed by atoms with E-state index in [0.717, 1.165) is 37.1 Å². The number of nitriles is 2. The van der Waals surface area contributed by atoms with Gasteiger partial charge in [-0.3, -0.25) is 0 Å². The molecule has 126 valence electrons. The third-order valence-corrected chi connectivity index (χ3v) is 5.33. The molecule has 4 nitrogen and oxygen atoms in total. The molecule has 0 atom stereocenters. The van der Waals surface area contributed by atoms with Crippen LogP contribution < -0.4 is 10.6 Å². The van der Waals surface area contributed by atoms with Crippen LogP contribution in [0.4, 0.5) is 11.4 Å². The molecule has 2 N–H and O–H groups in total. The molecule has 4 heteroatoms. The van der Waals surface area contributed by atoms with Crippen LogP contribution in [0.2, 0.25) is 0 Å². The minimum Gasteiger partial charge on any atom is -0.381 e. The van der Waals surface area contributed by atoms with E-state index in [2.05, 4.69) is 22.8 Å². The molecule has 2 aliphatic carbocycles. The van der Waals surface area contributed by atoms with Crippen molar-refractivity contribution >= 4 is 11.4 Å². The molecule has 24 heavy (non-hydrogen) atoms. The van der Waals surface area contributed by atoms with Gasteiger partial charge in [-0.2, -0.15) is 10.5 Å². The summed E-state index contributed by atoms with van der Waals surface area (Å²) in [7, 11) is 0. The molecule has 0 heterocycles. The Kier molecular flexibility index (Phi) is 5.59. The largest absolute Gasteiger partial charge is 0.381 e. The molecule has 1 aromatic rings. The van der Waals surface area contributed by atoms with Crippen molar-refractivity contribution in [3.8, 4) is 12.1 Å². The minimum absolute atomic E-state index is 0.426. The number of nitrogens with zero attached hydrogens (tertiary/aromatic N) is 2. The summed E-state index contributed by atoms with van der Waals surface area (Å²) in [6, 6.07) is 9.17. The molecule has 0 aromatic heterocycles. The predicted molar refractivity (Wildman–Crippen MR) is 96.9 cm³/mol. The number of anilines is 2. The van der Waals surface area contributed by atoms with Gasteiger partial charge in [-0.05, 0) is 37.8 Å². The molecular weight excluding hydrogens is 296 g/mol. The Balaban J connectivity index is 1.80. The summed E-state index contributed by atoms with van der Waals surface area (Å²) in [5, 5.41) is 26.1. The van der Waals surface area contributed by atoms with E-state index >= 15 is 0 Å². The fourth-order valence-corrected chi connectivity index (χ4v) is 3.96. The minimum atomic E-state index is 0.426. The Morgan fingerprint density at radius 2 is 1.04 bits per heavy atom. The van der Waals surface area contributed by atoms with E-state index in [1.165, 1.54) is 38.5 Å². The molecule has 0 saturated heterocycles. The molecular formula is C20H26N4. The van der Waals surface area contributed by atoms with Crippen molar-refractivity contribution in [2.45, 2.75) is 76.3 Å². The van der Waals surface area contributed by atoms with Crippen molar-refractivity contribution in [1.29, 1.82) is 10.5 Å². The zero-order chi connectivity index (χ0) is 16.8. The lowest BCUT2D eigenvalue weighted by atomic mass is 9.94. The van der Waals surface area contributed by atoms with Crippen molar-refractivity contribution in [2.24, 2.45) is 0 Å². The van der Waals surface area contributed by atoms with Crippen LogP contribution in [0, 0.1) is 22.7 Å². The van der Waals surface area contributed by atoms with E-state index in [0.29, 0.717) is 23.2 Å². The van der Waals surface area contributed by atoms with Gasteiger partial charge in [0.25, 0.3) is 0 Å². The quantitative estimate of drug-likeness (QED) is 0.825. The number of hydrogen-bond acceptors (Lipinski definition) is 4. The molecule has 0 radical (unpaired) electrons. The van der Waals surface area contributed by atoms with Crippen molar-refractivity contribution in [2.75, 3.05) is 10.6 Å². The summed E-state index contributed by atoms with van der Waals surface area (Å²) < 4.78 is 0. The van der Waals surface area contributed by atoms with Crippen LogP contribution in [-0.2, 0) is 0 Å². The maximum absolute atomic E-state index is 9.54. The van der Waals surface area contributed by atoms with Gasteiger partial charge < -0.3 is 10.6 Å². The second kappa shape index (κ2) is 8.06. The molecule has 3 rings (SSSR count). The normalized spacial score (nSPS) is 19.2. The van der Waals surface area contributed by atoms with Crippen molar-refractivity contribution in [1.82, 2.24) is 0 Å². The molecule has 0 bridgehead atoms. The van der Waals surface area contributed by atoms with Crippen LogP contribution in [0.1, 0.15) is 75.3 Å². The van der Waals surface area contributed by atoms with E-state index in [1.807, 2.05) is 12.1 Å². The van der Waals surface area contributed by atoms with Gasteiger partial charge in [-0.1, -0.05) is 38.5 Å². The van der Waals surface area contributed by atoms with Crippen LogP contribution >= 0.6 is 0 Å². The molecule has 0 unspecified atom stereocenters. The summed E-state index contributed by atoms with van der Waals surface area (Å²) in [6.45, 7) is 0. The zero-order valence-electron chi connectivity index (χ0n) is 14.3. The number of benzene rings is 1. The third kappa shape index (κ3) is 4.01. The van der Waals surface area contributed by atoms with Crippen LogP contribution in [0.25, 0.3) is 0 Å². The van der Waals surface area contributed by atoms with Gasteiger partial charge >= 0.3 is 0 Å². The van der Waals surface area contributed by atoms with Gasteiger partial charge in [-0.25, -0.2) is 0 Å². The summed E-state index contributed by atoms with van der Waals surface area (Å²) in [6.07, 6.45) is 12.2. The molecule has 2 aliphatic rings. The Bertz CT molecular complexity index is 583. The van der Waals surface area contributed by atoms with E-state index < -0.39 is 0 Å². The van der Waals surface area contributed by atoms with Gasteiger partial charge in [-0.15, -0.1) is 0 Å². The number of rotatable bonds is 4. The summed E-state index contributed by atoms with van der Waals surface area (Å²) in [5.41, 5.74) is 2.90. The molecule has 2 fully saturated rings. The van der Waals surface area contributed by atoms with Crippen LogP contribution in [0.5, 0.6) is 0 Å². The Morgan fingerprint density at radius 3 is 1.38 bits per heavy atom.